The highest BCUT2D eigenvalue weighted by molar-refractivity contribution is 5.94. The predicted octanol–water partition coefficient (Wildman–Crippen LogP) is 4.73. The molecule has 1 fully saturated rings. The Morgan fingerprint density at radius 1 is 1.22 bits per heavy atom. The molecule has 3 aromatic rings. The molecule has 10 heteroatoms. The van der Waals surface area contributed by atoms with Gasteiger partial charge in [0.05, 0.1) is 17.5 Å². The lowest BCUT2D eigenvalue weighted by molar-refractivity contribution is 0.0571. The lowest BCUT2D eigenvalue weighted by Gasteiger charge is -2.39. The van der Waals surface area contributed by atoms with E-state index in [2.05, 4.69) is 20.1 Å². The maximum absolute atomic E-state index is 14.3. The van der Waals surface area contributed by atoms with Crippen molar-refractivity contribution in [2.45, 2.75) is 65.3 Å². The van der Waals surface area contributed by atoms with Gasteiger partial charge in [0.2, 0.25) is 0 Å². The maximum atomic E-state index is 14.3. The largest absolute Gasteiger partial charge is 0.335 e. The molecule has 0 bridgehead atoms. The number of pyridine rings is 1. The molecule has 172 valence electrons. The molecule has 3 aromatic heterocycles. The third-order valence-electron chi connectivity index (χ3n) is 5.60. The summed E-state index contributed by atoms with van der Waals surface area (Å²) >= 11 is 0. The Bertz CT molecular complexity index is 1090. The van der Waals surface area contributed by atoms with Crippen molar-refractivity contribution in [3.05, 3.63) is 53.1 Å². The molecule has 1 unspecified atom stereocenters. The zero-order valence-electron chi connectivity index (χ0n) is 18.6. The predicted molar refractivity (Wildman–Crippen MR) is 113 cm³/mol. The van der Waals surface area contributed by atoms with Gasteiger partial charge in [0, 0.05) is 24.2 Å². The lowest BCUT2D eigenvalue weighted by Crippen LogP contribution is -2.46. The van der Waals surface area contributed by atoms with Crippen LogP contribution in [0.3, 0.4) is 0 Å². The summed E-state index contributed by atoms with van der Waals surface area (Å²) in [6.45, 7) is 7.92. The molecule has 1 amide bonds. The summed E-state index contributed by atoms with van der Waals surface area (Å²) in [5, 5.41) is 4.11. The van der Waals surface area contributed by atoms with Crippen LogP contribution in [0.1, 0.15) is 79.8 Å². The molecule has 4 heterocycles. The van der Waals surface area contributed by atoms with E-state index in [0.717, 1.165) is 6.20 Å². The van der Waals surface area contributed by atoms with Gasteiger partial charge in [-0.15, -0.1) is 0 Å². The van der Waals surface area contributed by atoms with E-state index in [9.17, 15) is 18.0 Å². The fourth-order valence-corrected chi connectivity index (χ4v) is 4.06. The third kappa shape index (κ3) is 4.58. The molecule has 2 atom stereocenters. The van der Waals surface area contributed by atoms with Crippen LogP contribution in [0.4, 0.5) is 13.2 Å². The number of fused-ring (bicyclic) bond motifs is 1. The average molecular weight is 448 g/mol. The lowest BCUT2D eigenvalue weighted by atomic mass is 9.88. The molecule has 4 rings (SSSR count). The van der Waals surface area contributed by atoms with Gasteiger partial charge < -0.3 is 4.90 Å². The Morgan fingerprint density at radius 3 is 2.66 bits per heavy atom. The van der Waals surface area contributed by atoms with Crippen LogP contribution in [0.2, 0.25) is 0 Å². The topological polar surface area (TPSA) is 76.3 Å². The number of carbonyl (C=O) groups excluding carboxylic acids is 1. The van der Waals surface area contributed by atoms with Crippen molar-refractivity contribution < 1.29 is 18.0 Å². The van der Waals surface area contributed by atoms with E-state index in [1.165, 1.54) is 23.0 Å². The minimum Gasteiger partial charge on any atom is -0.335 e. The molecule has 0 aliphatic carbocycles. The summed E-state index contributed by atoms with van der Waals surface area (Å²) < 4.78 is 42.4. The monoisotopic (exact) mass is 448 g/mol. The van der Waals surface area contributed by atoms with E-state index in [0.29, 0.717) is 30.7 Å². The highest BCUT2D eigenvalue weighted by atomic mass is 19.3. The Balaban J connectivity index is 0.00000141. The van der Waals surface area contributed by atoms with Crippen LogP contribution in [-0.4, -0.2) is 48.0 Å². The Labute approximate surface area is 184 Å². The van der Waals surface area contributed by atoms with Crippen molar-refractivity contribution in [2.75, 3.05) is 6.54 Å². The van der Waals surface area contributed by atoms with Gasteiger partial charge >= 0.3 is 0 Å². The normalized spacial score (nSPS) is 18.6. The number of aryl methyl sites for hydroxylation is 1. The number of rotatable bonds is 4. The fourth-order valence-electron chi connectivity index (χ4n) is 4.06. The van der Waals surface area contributed by atoms with Gasteiger partial charge in [-0.25, -0.2) is 22.7 Å². The standard InChI is InChI=1S/C20H21F3N6O.C2H6/c1-3-13-5-4-12(9-28(13)19(30)14-6-11(2)24-8-15(14)21)17-7-16(18(22)23)27-20-25-10-26-29(17)20;1-2/h6-8,10,12-13,18H,3-5,9H2,1-2H3;1-2H3/t12-,13?;/m1./s1. The molecule has 0 aromatic carbocycles. The molecule has 0 spiro atoms. The van der Waals surface area contributed by atoms with Gasteiger partial charge in [-0.2, -0.15) is 10.1 Å². The van der Waals surface area contributed by atoms with Crippen LogP contribution in [0.15, 0.2) is 24.7 Å². The average Bonchev–Trinajstić information content (AvgIpc) is 3.29. The van der Waals surface area contributed by atoms with Crippen LogP contribution >= 0.6 is 0 Å². The van der Waals surface area contributed by atoms with Crippen molar-refractivity contribution in [1.82, 2.24) is 29.5 Å². The molecular weight excluding hydrogens is 421 g/mol. The van der Waals surface area contributed by atoms with Crippen LogP contribution < -0.4 is 0 Å². The van der Waals surface area contributed by atoms with Crippen LogP contribution in [0.25, 0.3) is 5.78 Å². The summed E-state index contributed by atoms with van der Waals surface area (Å²) in [7, 11) is 0. The molecule has 32 heavy (non-hydrogen) atoms. The molecule has 7 nitrogen and oxygen atoms in total. The summed E-state index contributed by atoms with van der Waals surface area (Å²) in [5.41, 5.74) is 0.653. The first-order valence-corrected chi connectivity index (χ1v) is 10.8. The highest BCUT2D eigenvalue weighted by Crippen LogP contribution is 2.33. The van der Waals surface area contributed by atoms with Crippen molar-refractivity contribution in [3.8, 4) is 0 Å². The van der Waals surface area contributed by atoms with Crippen LogP contribution in [-0.2, 0) is 0 Å². The number of piperidine rings is 1. The number of carbonyl (C=O) groups is 1. The summed E-state index contributed by atoms with van der Waals surface area (Å²) in [6.07, 6.45) is 1.62. The number of hydrogen-bond donors (Lipinski definition) is 0. The van der Waals surface area contributed by atoms with E-state index < -0.39 is 18.1 Å². The fraction of sp³-hybridized carbons (Fsp3) is 0.500. The molecule has 1 saturated heterocycles. The van der Waals surface area contributed by atoms with E-state index in [1.807, 2.05) is 20.8 Å². The van der Waals surface area contributed by atoms with Gasteiger partial charge in [0.25, 0.3) is 18.1 Å². The molecule has 0 N–H and O–H groups in total. The van der Waals surface area contributed by atoms with Gasteiger partial charge in [-0.3, -0.25) is 9.78 Å². The first-order chi connectivity index (χ1) is 15.4. The number of likely N-dealkylation sites (tertiary alicyclic amines) is 1. The van der Waals surface area contributed by atoms with Crippen LogP contribution in [0, 0.1) is 12.7 Å². The zero-order chi connectivity index (χ0) is 23.4. The van der Waals surface area contributed by atoms with Crippen molar-refractivity contribution in [2.24, 2.45) is 0 Å². The summed E-state index contributed by atoms with van der Waals surface area (Å²) in [6, 6.07) is 2.69. The van der Waals surface area contributed by atoms with E-state index in [1.54, 1.807) is 11.8 Å². The van der Waals surface area contributed by atoms with Crippen molar-refractivity contribution in [3.63, 3.8) is 0 Å². The van der Waals surface area contributed by atoms with Gasteiger partial charge in [-0.1, -0.05) is 20.8 Å². The minimum absolute atomic E-state index is 0.0319. The molecule has 0 saturated carbocycles. The first kappa shape index (κ1) is 23.6. The second-order valence-corrected chi connectivity index (χ2v) is 7.48. The minimum atomic E-state index is -2.75. The smallest absolute Gasteiger partial charge is 0.280 e. The molecule has 1 aliphatic heterocycles. The van der Waals surface area contributed by atoms with Gasteiger partial charge in [-0.05, 0) is 38.3 Å². The number of halogens is 3. The summed E-state index contributed by atoms with van der Waals surface area (Å²) in [5.74, 6) is -1.26. The first-order valence-electron chi connectivity index (χ1n) is 10.8. The van der Waals surface area contributed by atoms with Crippen molar-refractivity contribution in [1.29, 1.82) is 0 Å². The quantitative estimate of drug-likeness (QED) is 0.577. The number of hydrogen-bond acceptors (Lipinski definition) is 5. The Kier molecular flexibility index (Phi) is 7.42. The van der Waals surface area contributed by atoms with E-state index in [4.69, 9.17) is 0 Å². The number of alkyl halides is 2. The Hall–Kier alpha value is -3.04. The number of amides is 1. The molecular formula is C22H27F3N6O. The number of nitrogens with zero attached hydrogens (tertiary/aromatic N) is 6. The van der Waals surface area contributed by atoms with Gasteiger partial charge in [0.15, 0.2) is 5.82 Å². The second-order valence-electron chi connectivity index (χ2n) is 7.48. The molecule has 1 aliphatic rings. The third-order valence-corrected chi connectivity index (χ3v) is 5.60. The highest BCUT2D eigenvalue weighted by Gasteiger charge is 2.34. The van der Waals surface area contributed by atoms with E-state index >= 15 is 0 Å². The van der Waals surface area contributed by atoms with Crippen LogP contribution in [0.5, 0.6) is 0 Å². The molecule has 0 radical (unpaired) electrons. The van der Waals surface area contributed by atoms with Crippen molar-refractivity contribution >= 4 is 11.7 Å². The van der Waals surface area contributed by atoms with E-state index in [-0.39, 0.29) is 35.5 Å². The maximum Gasteiger partial charge on any atom is 0.280 e. The Morgan fingerprint density at radius 2 is 1.97 bits per heavy atom. The number of aromatic nitrogens is 5. The zero-order valence-corrected chi connectivity index (χ0v) is 18.6. The second kappa shape index (κ2) is 10.1. The SMILES string of the molecule is CC.CCC1CC[C@@H](c2cc(C(F)F)nc3ncnn23)CN1C(=O)c1cc(C)ncc1F. The van der Waals surface area contributed by atoms with Gasteiger partial charge in [0.1, 0.15) is 12.0 Å². The summed E-state index contributed by atoms with van der Waals surface area (Å²) in [4.78, 5) is 26.5.